The van der Waals surface area contributed by atoms with E-state index in [-0.39, 0.29) is 11.0 Å². The molecule has 2 rings (SSSR count). The first-order chi connectivity index (χ1) is 10.4. The maximum atomic E-state index is 10.8. The number of hydrogen-bond donors (Lipinski definition) is 1. The summed E-state index contributed by atoms with van der Waals surface area (Å²) in [5.41, 5.74) is 5.89. The number of nitrogens with zero attached hydrogens (tertiary/aromatic N) is 1. The lowest BCUT2D eigenvalue weighted by molar-refractivity contribution is -0.255. The number of carbonyl (C=O) groups is 1. The lowest BCUT2D eigenvalue weighted by Gasteiger charge is -2.18. The Kier molecular flexibility index (Phi) is 4.61. The number of aromatic carboxylic acids is 1. The van der Waals surface area contributed by atoms with Crippen molar-refractivity contribution in [3.8, 4) is 0 Å². The van der Waals surface area contributed by atoms with E-state index in [9.17, 15) is 9.90 Å². The highest BCUT2D eigenvalue weighted by Crippen LogP contribution is 2.21. The van der Waals surface area contributed by atoms with E-state index in [0.29, 0.717) is 5.69 Å². The zero-order chi connectivity index (χ0) is 16.2. The van der Waals surface area contributed by atoms with Crippen molar-refractivity contribution in [3.63, 3.8) is 0 Å². The van der Waals surface area contributed by atoms with Gasteiger partial charge in [0, 0.05) is 0 Å². The zero-order valence-electron chi connectivity index (χ0n) is 13.0. The van der Waals surface area contributed by atoms with Gasteiger partial charge in [0.1, 0.15) is 0 Å². The smallest absolute Gasteiger partial charge is 0.0716 e. The SMILES string of the molecule is CC(C)(C)c1ccc(/C=N\Nc2cccc(C(=O)[O-])c2)cc1. The molecule has 0 bridgehead atoms. The fourth-order valence-electron chi connectivity index (χ4n) is 1.97. The predicted octanol–water partition coefficient (Wildman–Crippen LogP) is 2.79. The number of carboxylic acids is 1. The maximum Gasteiger partial charge on any atom is 0.0716 e. The van der Waals surface area contributed by atoms with Gasteiger partial charge in [-0.2, -0.15) is 5.10 Å². The molecule has 0 aliphatic rings. The van der Waals surface area contributed by atoms with Gasteiger partial charge in [-0.15, -0.1) is 0 Å². The Morgan fingerprint density at radius 1 is 1.14 bits per heavy atom. The van der Waals surface area contributed by atoms with Crippen LogP contribution in [0.4, 0.5) is 5.69 Å². The van der Waals surface area contributed by atoms with Crippen LogP contribution in [0.25, 0.3) is 0 Å². The van der Waals surface area contributed by atoms with Gasteiger partial charge in [-0.05, 0) is 34.2 Å². The summed E-state index contributed by atoms with van der Waals surface area (Å²) in [6.45, 7) is 6.51. The Balaban J connectivity index is 2.03. The van der Waals surface area contributed by atoms with Gasteiger partial charge in [-0.1, -0.05) is 57.2 Å². The van der Waals surface area contributed by atoms with Crippen LogP contribution >= 0.6 is 0 Å². The molecule has 2 aromatic carbocycles. The monoisotopic (exact) mass is 295 g/mol. The van der Waals surface area contributed by atoms with Gasteiger partial charge in [0.25, 0.3) is 0 Å². The molecular formula is C18H19N2O2-. The molecular weight excluding hydrogens is 276 g/mol. The molecule has 0 unspecified atom stereocenters. The standard InChI is InChI=1S/C18H20N2O2/c1-18(2,3)15-9-7-13(8-10-15)12-19-20-16-6-4-5-14(11-16)17(21)22/h4-12,20H,1-3H3,(H,21,22)/p-1/b19-12-. The highest BCUT2D eigenvalue weighted by Gasteiger charge is 2.12. The van der Waals surface area contributed by atoms with Crippen LogP contribution in [0, 0.1) is 0 Å². The minimum absolute atomic E-state index is 0.120. The summed E-state index contributed by atoms with van der Waals surface area (Å²) >= 11 is 0. The van der Waals surface area contributed by atoms with Crippen LogP contribution in [0.3, 0.4) is 0 Å². The van der Waals surface area contributed by atoms with Crippen LogP contribution in [-0.2, 0) is 5.41 Å². The quantitative estimate of drug-likeness (QED) is 0.697. The third-order valence-corrected chi connectivity index (χ3v) is 3.28. The maximum absolute atomic E-state index is 10.8. The largest absolute Gasteiger partial charge is 0.545 e. The summed E-state index contributed by atoms with van der Waals surface area (Å²) in [4.78, 5) is 10.8. The lowest BCUT2D eigenvalue weighted by atomic mass is 9.87. The Bertz CT molecular complexity index is 683. The van der Waals surface area contributed by atoms with Gasteiger partial charge in [0.2, 0.25) is 0 Å². The number of nitrogens with one attached hydrogen (secondary N) is 1. The van der Waals surface area contributed by atoms with Crippen LogP contribution in [0.2, 0.25) is 0 Å². The van der Waals surface area contributed by atoms with E-state index in [1.54, 1.807) is 18.3 Å². The minimum atomic E-state index is -1.20. The Hall–Kier alpha value is -2.62. The third kappa shape index (κ3) is 4.19. The number of benzene rings is 2. The summed E-state index contributed by atoms with van der Waals surface area (Å²) in [5, 5.41) is 14.9. The molecule has 0 aliphatic heterocycles. The van der Waals surface area contributed by atoms with Gasteiger partial charge in [0.15, 0.2) is 0 Å². The van der Waals surface area contributed by atoms with Gasteiger partial charge in [0.05, 0.1) is 17.9 Å². The normalized spacial score (nSPS) is 11.6. The van der Waals surface area contributed by atoms with Gasteiger partial charge >= 0.3 is 0 Å². The molecule has 0 fully saturated rings. The molecule has 0 amide bonds. The van der Waals surface area contributed by atoms with E-state index in [4.69, 9.17) is 0 Å². The average Bonchev–Trinajstić information content (AvgIpc) is 2.47. The Morgan fingerprint density at radius 2 is 1.82 bits per heavy atom. The zero-order valence-corrected chi connectivity index (χ0v) is 13.0. The Labute approximate surface area is 130 Å². The van der Waals surface area contributed by atoms with Crippen molar-refractivity contribution < 1.29 is 9.90 Å². The van der Waals surface area contributed by atoms with E-state index in [1.165, 1.54) is 17.7 Å². The topological polar surface area (TPSA) is 64.5 Å². The number of hydrazone groups is 1. The molecule has 114 valence electrons. The molecule has 0 saturated heterocycles. The second-order valence-corrected chi connectivity index (χ2v) is 6.11. The summed E-state index contributed by atoms with van der Waals surface area (Å²) < 4.78 is 0. The van der Waals surface area contributed by atoms with Crippen molar-refractivity contribution in [2.24, 2.45) is 5.10 Å². The van der Waals surface area contributed by atoms with Crippen molar-refractivity contribution in [1.82, 2.24) is 0 Å². The van der Waals surface area contributed by atoms with Crippen LogP contribution < -0.4 is 10.5 Å². The molecule has 0 aliphatic carbocycles. The van der Waals surface area contributed by atoms with Crippen molar-refractivity contribution in [2.45, 2.75) is 26.2 Å². The lowest BCUT2D eigenvalue weighted by Crippen LogP contribution is -2.22. The molecule has 0 saturated carbocycles. The van der Waals surface area contributed by atoms with Crippen molar-refractivity contribution in [3.05, 3.63) is 65.2 Å². The fourth-order valence-corrected chi connectivity index (χ4v) is 1.97. The van der Waals surface area contributed by atoms with E-state index < -0.39 is 5.97 Å². The number of carboxylic acid groups (broad SMARTS) is 1. The number of carbonyl (C=O) groups excluding carboxylic acids is 1. The number of rotatable bonds is 4. The van der Waals surface area contributed by atoms with E-state index in [2.05, 4.69) is 43.4 Å². The third-order valence-electron chi connectivity index (χ3n) is 3.28. The Morgan fingerprint density at radius 3 is 2.41 bits per heavy atom. The minimum Gasteiger partial charge on any atom is -0.545 e. The first kappa shape index (κ1) is 15.8. The fraction of sp³-hybridized carbons (Fsp3) is 0.222. The summed E-state index contributed by atoms with van der Waals surface area (Å²) in [5.74, 6) is -1.20. The van der Waals surface area contributed by atoms with Crippen LogP contribution in [0.1, 0.15) is 42.3 Å². The van der Waals surface area contributed by atoms with Crippen molar-refractivity contribution in [2.75, 3.05) is 5.43 Å². The van der Waals surface area contributed by atoms with Crippen LogP contribution in [0.5, 0.6) is 0 Å². The first-order valence-corrected chi connectivity index (χ1v) is 7.07. The van der Waals surface area contributed by atoms with E-state index in [1.807, 2.05) is 12.1 Å². The molecule has 4 heteroatoms. The predicted molar refractivity (Wildman–Crippen MR) is 87.1 cm³/mol. The van der Waals surface area contributed by atoms with Crippen LogP contribution in [-0.4, -0.2) is 12.2 Å². The van der Waals surface area contributed by atoms with Gasteiger partial charge in [-0.25, -0.2) is 0 Å². The molecule has 0 spiro atoms. The molecule has 0 radical (unpaired) electrons. The molecule has 0 heterocycles. The highest BCUT2D eigenvalue weighted by atomic mass is 16.4. The molecule has 0 aromatic heterocycles. The van der Waals surface area contributed by atoms with E-state index >= 15 is 0 Å². The van der Waals surface area contributed by atoms with Crippen molar-refractivity contribution >= 4 is 17.9 Å². The van der Waals surface area contributed by atoms with E-state index in [0.717, 1.165) is 5.56 Å². The molecule has 1 N–H and O–H groups in total. The average molecular weight is 295 g/mol. The molecule has 0 atom stereocenters. The summed E-state index contributed by atoms with van der Waals surface area (Å²) in [7, 11) is 0. The highest BCUT2D eigenvalue weighted by molar-refractivity contribution is 5.87. The molecule has 22 heavy (non-hydrogen) atoms. The summed E-state index contributed by atoms with van der Waals surface area (Å²) in [6.07, 6.45) is 1.69. The summed E-state index contributed by atoms with van der Waals surface area (Å²) in [6, 6.07) is 14.5. The first-order valence-electron chi connectivity index (χ1n) is 7.07. The van der Waals surface area contributed by atoms with Gasteiger partial charge < -0.3 is 9.90 Å². The van der Waals surface area contributed by atoms with Crippen molar-refractivity contribution in [1.29, 1.82) is 0 Å². The molecule has 2 aromatic rings. The number of anilines is 1. The second-order valence-electron chi connectivity index (χ2n) is 6.11. The van der Waals surface area contributed by atoms with Gasteiger partial charge in [-0.3, -0.25) is 5.43 Å². The second kappa shape index (κ2) is 6.43. The van der Waals surface area contributed by atoms with Crippen LogP contribution in [0.15, 0.2) is 53.6 Å². The molecule has 4 nitrogen and oxygen atoms in total. The number of hydrogen-bond acceptors (Lipinski definition) is 4.